The molecule has 0 N–H and O–H groups in total. The minimum Gasteiger partial charge on any atom is -0.465 e. The summed E-state index contributed by atoms with van der Waals surface area (Å²) in [4.78, 5) is 24.5. The number of carbonyl (C=O) groups excluding carboxylic acids is 1. The van der Waals surface area contributed by atoms with Crippen molar-refractivity contribution in [2.75, 3.05) is 7.11 Å². The van der Waals surface area contributed by atoms with E-state index < -0.39 is 10.9 Å². The standard InChI is InChI=1S/C7H5BrN2O4/c1-14-7(11)5-2-4(10(12)13)3-9-6(5)8/h2-3H,1H3. The lowest BCUT2D eigenvalue weighted by Gasteiger charge is -2.00. The first kappa shape index (κ1) is 10.6. The topological polar surface area (TPSA) is 82.3 Å². The Bertz CT molecular complexity index is 393. The normalized spacial score (nSPS) is 9.57. The SMILES string of the molecule is COC(=O)c1cc([N+](=O)[O-])cnc1Br. The van der Waals surface area contributed by atoms with Crippen molar-refractivity contribution in [3.63, 3.8) is 0 Å². The maximum atomic E-state index is 11.1. The molecule has 74 valence electrons. The van der Waals surface area contributed by atoms with Crippen molar-refractivity contribution in [2.45, 2.75) is 0 Å². The first-order valence-corrected chi connectivity index (χ1v) is 4.24. The van der Waals surface area contributed by atoms with E-state index in [1.807, 2.05) is 0 Å². The third-order valence-electron chi connectivity index (χ3n) is 1.44. The third kappa shape index (κ3) is 2.05. The van der Waals surface area contributed by atoms with Gasteiger partial charge in [0.05, 0.1) is 17.6 Å². The smallest absolute Gasteiger partial charge is 0.340 e. The van der Waals surface area contributed by atoms with Gasteiger partial charge in [0.2, 0.25) is 0 Å². The number of methoxy groups -OCH3 is 1. The molecule has 7 heteroatoms. The van der Waals surface area contributed by atoms with Gasteiger partial charge in [0.25, 0.3) is 5.69 Å². The predicted molar refractivity (Wildman–Crippen MR) is 49.9 cm³/mol. The summed E-state index contributed by atoms with van der Waals surface area (Å²) in [5.41, 5.74) is -0.227. The molecule has 0 aliphatic heterocycles. The van der Waals surface area contributed by atoms with Crippen LogP contribution in [0.3, 0.4) is 0 Å². The molecule has 0 amide bonds. The van der Waals surface area contributed by atoms with Gasteiger partial charge < -0.3 is 4.74 Å². The highest BCUT2D eigenvalue weighted by molar-refractivity contribution is 9.10. The number of hydrogen-bond acceptors (Lipinski definition) is 5. The Labute approximate surface area is 87.2 Å². The van der Waals surface area contributed by atoms with Crippen LogP contribution < -0.4 is 0 Å². The molecule has 0 fully saturated rings. The number of aromatic nitrogens is 1. The first-order chi connectivity index (χ1) is 6.56. The summed E-state index contributed by atoms with van der Waals surface area (Å²) in [5.74, 6) is -0.673. The van der Waals surface area contributed by atoms with Gasteiger partial charge in [0, 0.05) is 6.07 Å². The first-order valence-electron chi connectivity index (χ1n) is 3.44. The highest BCUT2D eigenvalue weighted by Gasteiger charge is 2.16. The van der Waals surface area contributed by atoms with E-state index >= 15 is 0 Å². The zero-order valence-electron chi connectivity index (χ0n) is 7.06. The highest BCUT2D eigenvalue weighted by atomic mass is 79.9. The van der Waals surface area contributed by atoms with E-state index in [0.717, 1.165) is 12.3 Å². The van der Waals surface area contributed by atoms with Gasteiger partial charge in [-0.2, -0.15) is 0 Å². The van der Waals surface area contributed by atoms with E-state index in [2.05, 4.69) is 25.7 Å². The van der Waals surface area contributed by atoms with Gasteiger partial charge >= 0.3 is 5.97 Å². The predicted octanol–water partition coefficient (Wildman–Crippen LogP) is 1.54. The van der Waals surface area contributed by atoms with Crippen LogP contribution in [-0.2, 0) is 4.74 Å². The second kappa shape index (κ2) is 4.14. The molecule has 0 bridgehead atoms. The summed E-state index contributed by atoms with van der Waals surface area (Å²) < 4.78 is 4.64. The summed E-state index contributed by atoms with van der Waals surface area (Å²) in [6.45, 7) is 0. The van der Waals surface area contributed by atoms with Crippen molar-refractivity contribution in [2.24, 2.45) is 0 Å². The van der Waals surface area contributed by atoms with Gasteiger partial charge in [-0.1, -0.05) is 0 Å². The number of rotatable bonds is 2. The van der Waals surface area contributed by atoms with Gasteiger partial charge in [0.15, 0.2) is 0 Å². The van der Waals surface area contributed by atoms with Gasteiger partial charge in [-0.15, -0.1) is 0 Å². The van der Waals surface area contributed by atoms with Crippen molar-refractivity contribution >= 4 is 27.6 Å². The Morgan fingerprint density at radius 1 is 1.71 bits per heavy atom. The Hall–Kier alpha value is -1.50. The quantitative estimate of drug-likeness (QED) is 0.349. The molecule has 0 saturated carbocycles. The summed E-state index contributed by atoms with van der Waals surface area (Å²) in [7, 11) is 1.19. The van der Waals surface area contributed by atoms with Crippen LogP contribution in [0.5, 0.6) is 0 Å². The molecule has 1 aromatic rings. The van der Waals surface area contributed by atoms with Crippen molar-refractivity contribution in [3.05, 3.63) is 32.5 Å². The molecule has 0 atom stereocenters. The van der Waals surface area contributed by atoms with Crippen LogP contribution in [0, 0.1) is 10.1 Å². The van der Waals surface area contributed by atoms with E-state index in [0.29, 0.717) is 0 Å². The summed E-state index contributed by atoms with van der Waals surface area (Å²) in [6.07, 6.45) is 1.05. The molecule has 0 aliphatic carbocycles. The summed E-state index contributed by atoms with van der Waals surface area (Å²) >= 11 is 2.99. The van der Waals surface area contributed by atoms with Crippen LogP contribution in [0.4, 0.5) is 5.69 Å². The maximum absolute atomic E-state index is 11.1. The fraction of sp³-hybridized carbons (Fsp3) is 0.143. The summed E-state index contributed by atoms with van der Waals surface area (Å²) in [5, 5.41) is 10.4. The monoisotopic (exact) mass is 260 g/mol. The molecule has 1 rings (SSSR count). The number of pyridine rings is 1. The van der Waals surface area contributed by atoms with Crippen LogP contribution in [0.1, 0.15) is 10.4 Å². The van der Waals surface area contributed by atoms with E-state index in [4.69, 9.17) is 0 Å². The van der Waals surface area contributed by atoms with Crippen LogP contribution >= 0.6 is 15.9 Å². The van der Waals surface area contributed by atoms with Gasteiger partial charge in [-0.3, -0.25) is 10.1 Å². The average Bonchev–Trinajstić information content (AvgIpc) is 2.17. The number of nitro groups is 1. The van der Waals surface area contributed by atoms with Gasteiger partial charge in [0.1, 0.15) is 10.8 Å². The van der Waals surface area contributed by atoms with Crippen LogP contribution in [0.15, 0.2) is 16.9 Å². The molecule has 1 aromatic heterocycles. The molecule has 6 nitrogen and oxygen atoms in total. The molecule has 0 radical (unpaired) electrons. The molecular weight excluding hydrogens is 256 g/mol. The molecular formula is C7H5BrN2O4. The number of nitrogens with zero attached hydrogens (tertiary/aromatic N) is 2. The van der Waals surface area contributed by atoms with Crippen molar-refractivity contribution in [1.29, 1.82) is 0 Å². The number of hydrogen-bond donors (Lipinski definition) is 0. The Balaban J connectivity index is 3.21. The third-order valence-corrected chi connectivity index (χ3v) is 2.07. The largest absolute Gasteiger partial charge is 0.465 e. The summed E-state index contributed by atoms with van der Waals surface area (Å²) in [6, 6.07) is 1.10. The average molecular weight is 261 g/mol. The zero-order valence-corrected chi connectivity index (χ0v) is 8.65. The molecule has 0 aromatic carbocycles. The number of ether oxygens (including phenoxy) is 1. The minimum absolute atomic E-state index is 0.0294. The van der Waals surface area contributed by atoms with Crippen molar-refractivity contribution < 1.29 is 14.5 Å². The molecule has 0 spiro atoms. The molecule has 1 heterocycles. The van der Waals surface area contributed by atoms with Crippen LogP contribution in [0.25, 0.3) is 0 Å². The fourth-order valence-corrected chi connectivity index (χ4v) is 1.17. The minimum atomic E-state index is -0.673. The highest BCUT2D eigenvalue weighted by Crippen LogP contribution is 2.19. The lowest BCUT2D eigenvalue weighted by molar-refractivity contribution is -0.385. The molecule has 0 aliphatic rings. The van der Waals surface area contributed by atoms with Gasteiger partial charge in [-0.05, 0) is 15.9 Å². The maximum Gasteiger partial charge on any atom is 0.340 e. The van der Waals surface area contributed by atoms with E-state index in [1.165, 1.54) is 7.11 Å². The van der Waals surface area contributed by atoms with Crippen molar-refractivity contribution in [1.82, 2.24) is 4.98 Å². The molecule has 0 unspecified atom stereocenters. The lowest BCUT2D eigenvalue weighted by atomic mass is 10.3. The lowest BCUT2D eigenvalue weighted by Crippen LogP contribution is -2.04. The van der Waals surface area contributed by atoms with Gasteiger partial charge in [-0.25, -0.2) is 9.78 Å². The van der Waals surface area contributed by atoms with Crippen LogP contribution in [0.2, 0.25) is 0 Å². The van der Waals surface area contributed by atoms with E-state index in [-0.39, 0.29) is 15.9 Å². The number of carbonyl (C=O) groups is 1. The number of esters is 1. The number of halogens is 1. The Morgan fingerprint density at radius 3 is 2.86 bits per heavy atom. The second-order valence-electron chi connectivity index (χ2n) is 2.28. The van der Waals surface area contributed by atoms with Crippen LogP contribution in [-0.4, -0.2) is 23.0 Å². The second-order valence-corrected chi connectivity index (χ2v) is 3.03. The molecule has 0 saturated heterocycles. The van der Waals surface area contributed by atoms with Crippen molar-refractivity contribution in [3.8, 4) is 0 Å². The van der Waals surface area contributed by atoms with E-state index in [9.17, 15) is 14.9 Å². The Morgan fingerprint density at radius 2 is 2.36 bits per heavy atom. The Kier molecular flexibility index (Phi) is 3.13. The van der Waals surface area contributed by atoms with E-state index in [1.54, 1.807) is 0 Å². The fourth-order valence-electron chi connectivity index (χ4n) is 0.790. The zero-order chi connectivity index (χ0) is 10.7. The molecule has 14 heavy (non-hydrogen) atoms.